The first-order chi connectivity index (χ1) is 7.18. The Bertz CT molecular complexity index is 318. The number of hydrogen-bond acceptors (Lipinski definition) is 3. The SMILES string of the molecule is NC1(CNCc2ccc(Br)s2)CCCC1. The Morgan fingerprint density at radius 1 is 1.40 bits per heavy atom. The number of nitrogens with two attached hydrogens (primary N) is 1. The molecule has 0 radical (unpaired) electrons. The maximum atomic E-state index is 6.26. The maximum Gasteiger partial charge on any atom is 0.0701 e. The van der Waals surface area contributed by atoms with Crippen LogP contribution in [0.5, 0.6) is 0 Å². The largest absolute Gasteiger partial charge is 0.324 e. The van der Waals surface area contributed by atoms with Crippen molar-refractivity contribution in [3.63, 3.8) is 0 Å². The first-order valence-electron chi connectivity index (χ1n) is 5.42. The van der Waals surface area contributed by atoms with Gasteiger partial charge in [0.25, 0.3) is 0 Å². The van der Waals surface area contributed by atoms with Crippen molar-refractivity contribution in [3.8, 4) is 0 Å². The molecule has 1 heterocycles. The molecule has 1 saturated carbocycles. The molecule has 3 N–H and O–H groups in total. The van der Waals surface area contributed by atoms with E-state index in [0.29, 0.717) is 0 Å². The molecule has 1 aromatic rings. The molecular weight excluding hydrogens is 272 g/mol. The third-order valence-corrected chi connectivity index (χ3v) is 4.63. The van der Waals surface area contributed by atoms with Gasteiger partial charge in [0.05, 0.1) is 3.79 Å². The van der Waals surface area contributed by atoms with E-state index in [1.807, 2.05) is 0 Å². The van der Waals surface area contributed by atoms with Crippen LogP contribution < -0.4 is 11.1 Å². The van der Waals surface area contributed by atoms with Gasteiger partial charge in [0.2, 0.25) is 0 Å². The van der Waals surface area contributed by atoms with Gasteiger partial charge in [-0.25, -0.2) is 0 Å². The van der Waals surface area contributed by atoms with Crippen LogP contribution in [0, 0.1) is 0 Å². The van der Waals surface area contributed by atoms with Crippen LogP contribution in [0.3, 0.4) is 0 Å². The Morgan fingerprint density at radius 2 is 2.13 bits per heavy atom. The summed E-state index contributed by atoms with van der Waals surface area (Å²) in [6.45, 7) is 1.89. The van der Waals surface area contributed by atoms with Crippen molar-refractivity contribution in [2.45, 2.75) is 37.8 Å². The van der Waals surface area contributed by atoms with E-state index in [1.165, 1.54) is 34.3 Å². The van der Waals surface area contributed by atoms with Crippen LogP contribution in [0.4, 0.5) is 0 Å². The molecule has 1 aliphatic carbocycles. The molecule has 2 nitrogen and oxygen atoms in total. The van der Waals surface area contributed by atoms with Crippen LogP contribution in [-0.4, -0.2) is 12.1 Å². The van der Waals surface area contributed by atoms with E-state index in [-0.39, 0.29) is 5.54 Å². The Balaban J connectivity index is 1.75. The van der Waals surface area contributed by atoms with E-state index in [1.54, 1.807) is 11.3 Å². The number of hydrogen-bond donors (Lipinski definition) is 2. The summed E-state index contributed by atoms with van der Waals surface area (Å²) in [5.74, 6) is 0. The summed E-state index contributed by atoms with van der Waals surface area (Å²) in [7, 11) is 0. The third kappa shape index (κ3) is 3.28. The van der Waals surface area contributed by atoms with E-state index in [0.717, 1.165) is 13.1 Å². The van der Waals surface area contributed by atoms with Crippen molar-refractivity contribution in [1.82, 2.24) is 5.32 Å². The number of halogens is 1. The molecule has 0 aliphatic heterocycles. The smallest absolute Gasteiger partial charge is 0.0701 e. The van der Waals surface area contributed by atoms with Crippen LogP contribution >= 0.6 is 27.3 Å². The molecule has 1 fully saturated rings. The third-order valence-electron chi connectivity index (χ3n) is 3.00. The highest BCUT2D eigenvalue weighted by Gasteiger charge is 2.28. The molecule has 2 rings (SSSR count). The Hall–Kier alpha value is 0.1000. The monoisotopic (exact) mass is 288 g/mol. The highest BCUT2D eigenvalue weighted by molar-refractivity contribution is 9.11. The van der Waals surface area contributed by atoms with Gasteiger partial charge >= 0.3 is 0 Å². The first-order valence-corrected chi connectivity index (χ1v) is 7.03. The fourth-order valence-electron chi connectivity index (χ4n) is 2.14. The molecule has 15 heavy (non-hydrogen) atoms. The molecule has 0 spiro atoms. The molecule has 0 amide bonds. The minimum absolute atomic E-state index is 0.0640. The summed E-state index contributed by atoms with van der Waals surface area (Å²) in [6, 6.07) is 4.25. The van der Waals surface area contributed by atoms with Crippen molar-refractivity contribution >= 4 is 27.3 Å². The zero-order valence-electron chi connectivity index (χ0n) is 8.76. The van der Waals surface area contributed by atoms with Crippen LogP contribution in [0.2, 0.25) is 0 Å². The molecule has 0 saturated heterocycles. The lowest BCUT2D eigenvalue weighted by Gasteiger charge is -2.23. The van der Waals surface area contributed by atoms with Crippen molar-refractivity contribution in [2.75, 3.05) is 6.54 Å². The van der Waals surface area contributed by atoms with Gasteiger partial charge in [0, 0.05) is 23.5 Å². The summed E-state index contributed by atoms with van der Waals surface area (Å²) < 4.78 is 1.20. The van der Waals surface area contributed by atoms with Gasteiger partial charge in [-0.2, -0.15) is 0 Å². The lowest BCUT2D eigenvalue weighted by Crippen LogP contribution is -2.46. The predicted molar refractivity (Wildman–Crippen MR) is 69.1 cm³/mol. The van der Waals surface area contributed by atoms with Gasteiger partial charge < -0.3 is 11.1 Å². The molecule has 0 aromatic carbocycles. The fraction of sp³-hybridized carbons (Fsp3) is 0.636. The highest BCUT2D eigenvalue weighted by atomic mass is 79.9. The quantitative estimate of drug-likeness (QED) is 0.894. The summed E-state index contributed by atoms with van der Waals surface area (Å²) in [5, 5.41) is 3.46. The molecule has 1 aliphatic rings. The van der Waals surface area contributed by atoms with Crippen molar-refractivity contribution in [2.24, 2.45) is 5.73 Å². The molecule has 0 bridgehead atoms. The van der Waals surface area contributed by atoms with Gasteiger partial charge in [-0.1, -0.05) is 12.8 Å². The lowest BCUT2D eigenvalue weighted by atomic mass is 9.99. The molecule has 0 unspecified atom stereocenters. The van der Waals surface area contributed by atoms with Crippen molar-refractivity contribution in [1.29, 1.82) is 0 Å². The topological polar surface area (TPSA) is 38.0 Å². The summed E-state index contributed by atoms with van der Waals surface area (Å²) >= 11 is 5.25. The highest BCUT2D eigenvalue weighted by Crippen LogP contribution is 2.27. The van der Waals surface area contributed by atoms with Crippen LogP contribution in [0.1, 0.15) is 30.6 Å². The average molecular weight is 289 g/mol. The van der Waals surface area contributed by atoms with Gasteiger partial charge in [-0.3, -0.25) is 0 Å². The summed E-state index contributed by atoms with van der Waals surface area (Å²) in [6.07, 6.45) is 4.94. The number of nitrogens with one attached hydrogen (secondary N) is 1. The van der Waals surface area contributed by atoms with Gasteiger partial charge in [-0.15, -0.1) is 11.3 Å². The van der Waals surface area contributed by atoms with Gasteiger partial charge in [0.15, 0.2) is 0 Å². The normalized spacial score (nSPS) is 19.6. The predicted octanol–water partition coefficient (Wildman–Crippen LogP) is 2.87. The van der Waals surface area contributed by atoms with E-state index in [9.17, 15) is 0 Å². The van der Waals surface area contributed by atoms with Crippen LogP contribution in [-0.2, 0) is 6.54 Å². The Morgan fingerprint density at radius 3 is 2.73 bits per heavy atom. The minimum Gasteiger partial charge on any atom is -0.324 e. The molecule has 1 aromatic heterocycles. The zero-order chi connectivity index (χ0) is 10.7. The summed E-state index contributed by atoms with van der Waals surface area (Å²) in [5.41, 5.74) is 6.32. The van der Waals surface area contributed by atoms with Gasteiger partial charge in [-0.05, 0) is 40.9 Å². The van der Waals surface area contributed by atoms with Gasteiger partial charge in [0.1, 0.15) is 0 Å². The van der Waals surface area contributed by atoms with Crippen molar-refractivity contribution in [3.05, 3.63) is 20.8 Å². The summed E-state index contributed by atoms with van der Waals surface area (Å²) in [4.78, 5) is 1.36. The van der Waals surface area contributed by atoms with Crippen molar-refractivity contribution < 1.29 is 0 Å². The molecule has 0 atom stereocenters. The Kier molecular flexibility index (Phi) is 3.83. The molecular formula is C11H17BrN2S. The second-order valence-corrected chi connectivity index (χ2v) is 6.93. The second-order valence-electron chi connectivity index (χ2n) is 4.38. The van der Waals surface area contributed by atoms with Crippen LogP contribution in [0.25, 0.3) is 0 Å². The Labute approximate surface area is 103 Å². The fourth-order valence-corrected chi connectivity index (χ4v) is 3.59. The maximum absolute atomic E-state index is 6.26. The number of thiophene rings is 1. The van der Waals surface area contributed by atoms with Crippen LogP contribution in [0.15, 0.2) is 15.9 Å². The second kappa shape index (κ2) is 4.95. The zero-order valence-corrected chi connectivity index (χ0v) is 11.2. The minimum atomic E-state index is 0.0640. The average Bonchev–Trinajstić information content (AvgIpc) is 2.76. The standard InChI is InChI=1S/C11H17BrN2S/c12-10-4-3-9(15-10)7-14-8-11(13)5-1-2-6-11/h3-4,14H,1-2,5-8,13H2. The first kappa shape index (κ1) is 11.6. The van der Waals surface area contributed by atoms with E-state index < -0.39 is 0 Å². The van der Waals surface area contributed by atoms with E-state index in [4.69, 9.17) is 5.73 Å². The molecule has 4 heteroatoms. The van der Waals surface area contributed by atoms with E-state index in [2.05, 4.69) is 33.4 Å². The molecule has 84 valence electrons. The lowest BCUT2D eigenvalue weighted by molar-refractivity contribution is 0.405. The number of rotatable bonds is 4. The van der Waals surface area contributed by atoms with E-state index >= 15 is 0 Å².